The molecule has 1 aromatic carbocycles. The highest BCUT2D eigenvalue weighted by Gasteiger charge is 2.17. The molecule has 0 aromatic heterocycles. The van der Waals surface area contributed by atoms with Crippen molar-refractivity contribution in [2.45, 2.75) is 46.6 Å². The van der Waals surface area contributed by atoms with Gasteiger partial charge in [0.15, 0.2) is 0 Å². The number of amides is 1. The molecule has 0 fully saturated rings. The topological polar surface area (TPSA) is 29.1 Å². The van der Waals surface area contributed by atoms with Crippen molar-refractivity contribution in [3.8, 4) is 0 Å². The monoisotopic (exact) mass is 251 g/mol. The predicted molar refractivity (Wildman–Crippen MR) is 72.1 cm³/mol. The number of carbonyl (C=O) groups excluding carboxylic acids is 1. The van der Waals surface area contributed by atoms with E-state index < -0.39 is 0 Å². The van der Waals surface area contributed by atoms with Crippen LogP contribution in [0.2, 0.25) is 0 Å². The first-order valence-corrected chi connectivity index (χ1v) is 6.56. The third-order valence-corrected chi connectivity index (χ3v) is 3.53. The Kier molecular flexibility index (Phi) is 5.32. The van der Waals surface area contributed by atoms with Crippen LogP contribution in [0.1, 0.15) is 49.5 Å². The number of rotatable bonds is 5. The molecule has 0 bridgehead atoms. The summed E-state index contributed by atoms with van der Waals surface area (Å²) in [6.07, 6.45) is 2.08. The highest BCUT2D eigenvalue weighted by molar-refractivity contribution is 5.94. The molecule has 1 aromatic rings. The zero-order valence-corrected chi connectivity index (χ0v) is 11.6. The fraction of sp³-hybridized carbons (Fsp3) is 0.533. The van der Waals surface area contributed by atoms with Crippen molar-refractivity contribution in [3.63, 3.8) is 0 Å². The minimum atomic E-state index is -0.278. The summed E-state index contributed by atoms with van der Waals surface area (Å²) in [7, 11) is 0. The molecule has 3 heteroatoms. The second-order valence-corrected chi connectivity index (χ2v) is 4.80. The van der Waals surface area contributed by atoms with Crippen LogP contribution in [0.4, 0.5) is 4.39 Å². The molecule has 0 aliphatic carbocycles. The molecule has 1 N–H and O–H groups in total. The van der Waals surface area contributed by atoms with E-state index in [0.717, 1.165) is 12.8 Å². The molecule has 0 saturated heterocycles. The zero-order valence-electron chi connectivity index (χ0n) is 11.6. The number of hydrogen-bond donors (Lipinski definition) is 1. The normalized spacial score (nSPS) is 12.6. The summed E-state index contributed by atoms with van der Waals surface area (Å²) in [6, 6.07) is 4.59. The molecule has 1 amide bonds. The third kappa shape index (κ3) is 3.56. The van der Waals surface area contributed by atoms with Crippen molar-refractivity contribution in [1.29, 1.82) is 0 Å². The van der Waals surface area contributed by atoms with E-state index in [1.165, 1.54) is 12.1 Å². The summed E-state index contributed by atoms with van der Waals surface area (Å²) < 4.78 is 13.1. The molecule has 1 unspecified atom stereocenters. The van der Waals surface area contributed by atoms with Gasteiger partial charge in [-0.15, -0.1) is 0 Å². The van der Waals surface area contributed by atoms with Gasteiger partial charge in [-0.05, 0) is 43.5 Å². The van der Waals surface area contributed by atoms with Crippen LogP contribution in [-0.4, -0.2) is 11.9 Å². The van der Waals surface area contributed by atoms with Crippen LogP contribution in [0, 0.1) is 18.7 Å². The lowest BCUT2D eigenvalue weighted by Crippen LogP contribution is -2.37. The van der Waals surface area contributed by atoms with Gasteiger partial charge >= 0.3 is 0 Å². The molecule has 18 heavy (non-hydrogen) atoms. The Labute approximate surface area is 109 Å². The Morgan fingerprint density at radius 2 is 1.94 bits per heavy atom. The van der Waals surface area contributed by atoms with Crippen LogP contribution in [0.5, 0.6) is 0 Å². The number of halogens is 1. The fourth-order valence-electron chi connectivity index (χ4n) is 2.19. The Morgan fingerprint density at radius 3 is 2.44 bits per heavy atom. The third-order valence-electron chi connectivity index (χ3n) is 3.53. The van der Waals surface area contributed by atoms with E-state index in [1.54, 1.807) is 13.0 Å². The van der Waals surface area contributed by atoms with E-state index in [0.29, 0.717) is 17.0 Å². The maximum Gasteiger partial charge on any atom is 0.251 e. The summed E-state index contributed by atoms with van der Waals surface area (Å²) in [5.74, 6) is 0.0765. The Morgan fingerprint density at radius 1 is 1.33 bits per heavy atom. The molecular weight excluding hydrogens is 229 g/mol. The fourth-order valence-corrected chi connectivity index (χ4v) is 2.19. The first-order chi connectivity index (χ1) is 8.49. The van der Waals surface area contributed by atoms with Crippen LogP contribution >= 0.6 is 0 Å². The van der Waals surface area contributed by atoms with E-state index in [4.69, 9.17) is 0 Å². The zero-order chi connectivity index (χ0) is 13.7. The molecule has 2 nitrogen and oxygen atoms in total. The molecule has 0 aliphatic heterocycles. The average molecular weight is 251 g/mol. The minimum Gasteiger partial charge on any atom is -0.349 e. The van der Waals surface area contributed by atoms with Crippen molar-refractivity contribution in [1.82, 2.24) is 5.32 Å². The maximum atomic E-state index is 13.1. The van der Waals surface area contributed by atoms with E-state index in [-0.39, 0.29) is 17.8 Å². The summed E-state index contributed by atoms with van der Waals surface area (Å²) in [5, 5.41) is 2.98. The molecule has 0 saturated carbocycles. The van der Waals surface area contributed by atoms with Crippen molar-refractivity contribution in [2.24, 2.45) is 5.92 Å². The number of nitrogens with one attached hydrogen (secondary N) is 1. The van der Waals surface area contributed by atoms with E-state index >= 15 is 0 Å². The van der Waals surface area contributed by atoms with Crippen molar-refractivity contribution >= 4 is 5.91 Å². The summed E-state index contributed by atoms with van der Waals surface area (Å²) in [6.45, 7) is 7.93. The van der Waals surface area contributed by atoms with Crippen molar-refractivity contribution < 1.29 is 9.18 Å². The second-order valence-electron chi connectivity index (χ2n) is 4.80. The van der Waals surface area contributed by atoms with Gasteiger partial charge in [-0.3, -0.25) is 4.79 Å². The van der Waals surface area contributed by atoms with Crippen LogP contribution in [0.15, 0.2) is 18.2 Å². The SMILES string of the molecule is CCC(CC)C(C)NC(=O)c1ccc(F)c(C)c1. The standard InChI is InChI=1S/C15H22FNO/c1-5-12(6-2)11(4)17-15(18)13-7-8-14(16)10(3)9-13/h7-9,11-12H,5-6H2,1-4H3,(H,17,18). The summed E-state index contributed by atoms with van der Waals surface area (Å²) in [5.41, 5.74) is 1.02. The van der Waals surface area contributed by atoms with E-state index in [9.17, 15) is 9.18 Å². The van der Waals surface area contributed by atoms with Gasteiger partial charge in [0, 0.05) is 11.6 Å². The lowest BCUT2D eigenvalue weighted by atomic mass is 9.95. The number of carbonyl (C=O) groups is 1. The molecule has 0 heterocycles. The molecular formula is C15H22FNO. The van der Waals surface area contributed by atoms with Gasteiger partial charge in [-0.1, -0.05) is 26.7 Å². The lowest BCUT2D eigenvalue weighted by Gasteiger charge is -2.22. The van der Waals surface area contributed by atoms with E-state index in [1.807, 2.05) is 6.92 Å². The lowest BCUT2D eigenvalue weighted by molar-refractivity contribution is 0.0925. The molecule has 1 rings (SSSR count). The first-order valence-electron chi connectivity index (χ1n) is 6.56. The highest BCUT2D eigenvalue weighted by atomic mass is 19.1. The molecule has 0 radical (unpaired) electrons. The number of hydrogen-bond acceptors (Lipinski definition) is 1. The van der Waals surface area contributed by atoms with Gasteiger partial charge in [0.1, 0.15) is 5.82 Å². The van der Waals surface area contributed by atoms with Crippen LogP contribution in [0.25, 0.3) is 0 Å². The Balaban J connectivity index is 2.73. The molecule has 0 spiro atoms. The quantitative estimate of drug-likeness (QED) is 0.849. The Bertz CT molecular complexity index is 413. The number of aryl methyl sites for hydroxylation is 1. The Hall–Kier alpha value is -1.38. The van der Waals surface area contributed by atoms with Crippen molar-refractivity contribution in [3.05, 3.63) is 35.1 Å². The van der Waals surface area contributed by atoms with E-state index in [2.05, 4.69) is 19.2 Å². The first kappa shape index (κ1) is 14.7. The van der Waals surface area contributed by atoms with Crippen LogP contribution in [-0.2, 0) is 0 Å². The smallest absolute Gasteiger partial charge is 0.251 e. The molecule has 0 aliphatic rings. The average Bonchev–Trinajstić information content (AvgIpc) is 2.34. The van der Waals surface area contributed by atoms with Gasteiger partial charge in [-0.25, -0.2) is 4.39 Å². The van der Waals surface area contributed by atoms with Gasteiger partial charge in [0.2, 0.25) is 0 Å². The molecule has 1 atom stereocenters. The van der Waals surface area contributed by atoms with Crippen LogP contribution < -0.4 is 5.32 Å². The van der Waals surface area contributed by atoms with Gasteiger partial charge in [-0.2, -0.15) is 0 Å². The maximum absolute atomic E-state index is 13.1. The highest BCUT2D eigenvalue weighted by Crippen LogP contribution is 2.14. The second kappa shape index (κ2) is 6.53. The van der Waals surface area contributed by atoms with Gasteiger partial charge in [0.25, 0.3) is 5.91 Å². The summed E-state index contributed by atoms with van der Waals surface area (Å²) >= 11 is 0. The minimum absolute atomic E-state index is 0.127. The largest absolute Gasteiger partial charge is 0.349 e. The van der Waals surface area contributed by atoms with Gasteiger partial charge in [0.05, 0.1) is 0 Å². The molecule has 100 valence electrons. The predicted octanol–water partition coefficient (Wildman–Crippen LogP) is 3.69. The van der Waals surface area contributed by atoms with Crippen molar-refractivity contribution in [2.75, 3.05) is 0 Å². The number of benzene rings is 1. The van der Waals surface area contributed by atoms with Gasteiger partial charge < -0.3 is 5.32 Å². The summed E-state index contributed by atoms with van der Waals surface area (Å²) in [4.78, 5) is 12.0. The van der Waals surface area contributed by atoms with Crippen LogP contribution in [0.3, 0.4) is 0 Å².